The van der Waals surface area contributed by atoms with Gasteiger partial charge < -0.3 is 10.6 Å². The van der Waals surface area contributed by atoms with Gasteiger partial charge >= 0.3 is 0 Å². The number of hydrogen-bond acceptors (Lipinski definition) is 3. The Balaban J connectivity index is 1.91. The lowest BCUT2D eigenvalue weighted by Gasteiger charge is -2.31. The highest BCUT2D eigenvalue weighted by Gasteiger charge is 2.25. The van der Waals surface area contributed by atoms with Crippen LogP contribution in [0, 0.1) is 5.82 Å². The van der Waals surface area contributed by atoms with E-state index in [9.17, 15) is 14.0 Å². The number of likely N-dealkylation sites (tertiary alicyclic amines) is 1. The Kier molecular flexibility index (Phi) is 4.71. The summed E-state index contributed by atoms with van der Waals surface area (Å²) in [6.45, 7) is 1.14. The molecule has 3 rings (SSSR count). The average molecular weight is 326 g/mol. The first-order valence-electron chi connectivity index (χ1n) is 8.00. The molecule has 1 atom stereocenters. The Bertz CT molecular complexity index is 758. The zero-order valence-corrected chi connectivity index (χ0v) is 13.2. The summed E-state index contributed by atoms with van der Waals surface area (Å²) in [5.41, 5.74) is 6.99. The normalized spacial score (nSPS) is 17.6. The lowest BCUT2D eigenvalue weighted by Crippen LogP contribution is -2.46. The molecule has 0 aromatic heterocycles. The van der Waals surface area contributed by atoms with Crippen molar-refractivity contribution in [1.82, 2.24) is 4.90 Å². The summed E-state index contributed by atoms with van der Waals surface area (Å²) in [5, 5.41) is 0. The largest absolute Gasteiger partial charge is 0.337 e. The fourth-order valence-electron chi connectivity index (χ4n) is 2.99. The SMILES string of the molecule is N[C@H]1CCCN(C(=O)c2ccccc2C(=O)c2ccc(F)cc2)C1. The van der Waals surface area contributed by atoms with Crippen molar-refractivity contribution in [2.24, 2.45) is 5.73 Å². The summed E-state index contributed by atoms with van der Waals surface area (Å²) in [4.78, 5) is 27.2. The second-order valence-electron chi connectivity index (χ2n) is 6.04. The van der Waals surface area contributed by atoms with E-state index in [1.807, 2.05) is 0 Å². The highest BCUT2D eigenvalue weighted by atomic mass is 19.1. The van der Waals surface area contributed by atoms with Crippen LogP contribution in [-0.2, 0) is 0 Å². The van der Waals surface area contributed by atoms with E-state index in [-0.39, 0.29) is 17.7 Å². The number of nitrogens with two attached hydrogens (primary N) is 1. The zero-order valence-electron chi connectivity index (χ0n) is 13.2. The van der Waals surface area contributed by atoms with Crippen LogP contribution in [0.2, 0.25) is 0 Å². The number of ketones is 1. The first kappa shape index (κ1) is 16.3. The second kappa shape index (κ2) is 6.93. The quantitative estimate of drug-likeness (QED) is 0.882. The van der Waals surface area contributed by atoms with Gasteiger partial charge in [0.2, 0.25) is 0 Å². The van der Waals surface area contributed by atoms with Crippen molar-refractivity contribution in [2.45, 2.75) is 18.9 Å². The molecule has 1 saturated heterocycles. The van der Waals surface area contributed by atoms with Crippen molar-refractivity contribution in [3.63, 3.8) is 0 Å². The number of benzene rings is 2. The molecule has 0 saturated carbocycles. The van der Waals surface area contributed by atoms with Crippen LogP contribution < -0.4 is 5.73 Å². The molecule has 1 heterocycles. The molecular formula is C19H19FN2O2. The Morgan fingerprint density at radius 1 is 1.04 bits per heavy atom. The van der Waals surface area contributed by atoms with Gasteiger partial charge in [-0.3, -0.25) is 9.59 Å². The molecule has 0 aliphatic carbocycles. The number of hydrogen-bond donors (Lipinski definition) is 1. The summed E-state index contributed by atoms with van der Waals surface area (Å²) in [7, 11) is 0. The molecule has 1 aliphatic heterocycles. The van der Waals surface area contributed by atoms with Gasteiger partial charge in [-0.15, -0.1) is 0 Å². The van der Waals surface area contributed by atoms with Gasteiger partial charge in [0, 0.05) is 30.3 Å². The summed E-state index contributed by atoms with van der Waals surface area (Å²) >= 11 is 0. The predicted molar refractivity (Wildman–Crippen MR) is 89.4 cm³/mol. The number of nitrogens with zero attached hydrogens (tertiary/aromatic N) is 1. The summed E-state index contributed by atoms with van der Waals surface area (Å²) in [5.74, 6) is -0.880. The first-order valence-corrected chi connectivity index (χ1v) is 8.00. The van der Waals surface area contributed by atoms with Crippen LogP contribution in [0.25, 0.3) is 0 Å². The van der Waals surface area contributed by atoms with Gasteiger partial charge in [-0.25, -0.2) is 4.39 Å². The summed E-state index contributed by atoms with van der Waals surface area (Å²) < 4.78 is 13.1. The van der Waals surface area contributed by atoms with Crippen LogP contribution in [-0.4, -0.2) is 35.7 Å². The number of carbonyl (C=O) groups excluding carboxylic acids is 2. The lowest BCUT2D eigenvalue weighted by molar-refractivity contribution is 0.0705. The van der Waals surface area contributed by atoms with Crippen molar-refractivity contribution in [3.05, 3.63) is 71.0 Å². The smallest absolute Gasteiger partial charge is 0.254 e. The van der Waals surface area contributed by atoms with Crippen molar-refractivity contribution in [1.29, 1.82) is 0 Å². The minimum atomic E-state index is -0.404. The molecule has 24 heavy (non-hydrogen) atoms. The van der Waals surface area contributed by atoms with E-state index in [2.05, 4.69) is 0 Å². The van der Waals surface area contributed by atoms with E-state index in [1.54, 1.807) is 29.2 Å². The monoisotopic (exact) mass is 326 g/mol. The number of rotatable bonds is 3. The van der Waals surface area contributed by atoms with Crippen molar-refractivity contribution < 1.29 is 14.0 Å². The molecule has 124 valence electrons. The predicted octanol–water partition coefficient (Wildman–Crippen LogP) is 2.62. The van der Waals surface area contributed by atoms with Gasteiger partial charge in [0.1, 0.15) is 5.82 Å². The number of halogens is 1. The fourth-order valence-corrected chi connectivity index (χ4v) is 2.99. The average Bonchev–Trinajstić information content (AvgIpc) is 2.61. The van der Waals surface area contributed by atoms with Gasteiger partial charge in [-0.05, 0) is 43.2 Å². The maximum absolute atomic E-state index is 13.1. The lowest BCUT2D eigenvalue weighted by atomic mass is 9.96. The van der Waals surface area contributed by atoms with E-state index in [0.29, 0.717) is 29.8 Å². The molecule has 2 aromatic carbocycles. The first-order chi connectivity index (χ1) is 11.6. The molecule has 1 aliphatic rings. The Morgan fingerprint density at radius 2 is 1.71 bits per heavy atom. The van der Waals surface area contributed by atoms with Crippen LogP contribution in [0.5, 0.6) is 0 Å². The number of carbonyl (C=O) groups is 2. The minimum Gasteiger partial charge on any atom is -0.337 e. The molecular weight excluding hydrogens is 307 g/mol. The molecule has 0 spiro atoms. The molecule has 4 nitrogen and oxygen atoms in total. The van der Waals surface area contributed by atoms with E-state index in [4.69, 9.17) is 5.73 Å². The number of amides is 1. The van der Waals surface area contributed by atoms with Crippen LogP contribution in [0.1, 0.15) is 39.1 Å². The third-order valence-corrected chi connectivity index (χ3v) is 4.25. The molecule has 0 unspecified atom stereocenters. The molecule has 0 bridgehead atoms. The highest BCUT2D eigenvalue weighted by Crippen LogP contribution is 2.19. The van der Waals surface area contributed by atoms with Crippen molar-refractivity contribution in [2.75, 3.05) is 13.1 Å². The van der Waals surface area contributed by atoms with Crippen LogP contribution in [0.3, 0.4) is 0 Å². The molecule has 2 aromatic rings. The Morgan fingerprint density at radius 3 is 2.38 bits per heavy atom. The second-order valence-corrected chi connectivity index (χ2v) is 6.04. The maximum atomic E-state index is 13.1. The van der Waals surface area contributed by atoms with E-state index >= 15 is 0 Å². The number of piperidine rings is 1. The van der Waals surface area contributed by atoms with E-state index in [1.165, 1.54) is 24.3 Å². The summed E-state index contributed by atoms with van der Waals surface area (Å²) in [6.07, 6.45) is 1.76. The van der Waals surface area contributed by atoms with E-state index in [0.717, 1.165) is 12.8 Å². The van der Waals surface area contributed by atoms with Gasteiger partial charge in [0.05, 0.1) is 5.56 Å². The van der Waals surface area contributed by atoms with Crippen LogP contribution in [0.4, 0.5) is 4.39 Å². The standard InChI is InChI=1S/C19H19FN2O2/c20-14-9-7-13(8-10-14)18(23)16-5-1-2-6-17(16)19(24)22-11-3-4-15(21)12-22/h1-2,5-10,15H,3-4,11-12,21H2/t15-/m0/s1. The van der Waals surface area contributed by atoms with Crippen molar-refractivity contribution in [3.8, 4) is 0 Å². The molecule has 1 fully saturated rings. The minimum absolute atomic E-state index is 0.0253. The topological polar surface area (TPSA) is 63.4 Å². The fraction of sp³-hybridized carbons (Fsp3) is 0.263. The Labute approximate surface area is 140 Å². The van der Waals surface area contributed by atoms with Crippen LogP contribution in [0.15, 0.2) is 48.5 Å². The molecule has 2 N–H and O–H groups in total. The van der Waals surface area contributed by atoms with Crippen molar-refractivity contribution >= 4 is 11.7 Å². The summed E-state index contributed by atoms with van der Waals surface area (Å²) in [6, 6.07) is 12.0. The zero-order chi connectivity index (χ0) is 17.1. The molecule has 1 amide bonds. The molecule has 0 radical (unpaired) electrons. The van der Waals surface area contributed by atoms with E-state index < -0.39 is 5.82 Å². The third kappa shape index (κ3) is 3.36. The highest BCUT2D eigenvalue weighted by molar-refractivity contribution is 6.15. The van der Waals surface area contributed by atoms with Gasteiger partial charge in [-0.1, -0.05) is 18.2 Å². The van der Waals surface area contributed by atoms with Gasteiger partial charge in [-0.2, -0.15) is 0 Å². The Hall–Kier alpha value is -2.53. The van der Waals surface area contributed by atoms with Crippen LogP contribution >= 0.6 is 0 Å². The third-order valence-electron chi connectivity index (χ3n) is 4.25. The maximum Gasteiger partial charge on any atom is 0.254 e. The molecule has 5 heteroatoms. The van der Waals surface area contributed by atoms with Gasteiger partial charge in [0.25, 0.3) is 5.91 Å². The van der Waals surface area contributed by atoms with Gasteiger partial charge in [0.15, 0.2) is 5.78 Å².